The molecule has 1 fully saturated rings. The summed E-state index contributed by atoms with van der Waals surface area (Å²) in [5, 5.41) is 0. The van der Waals surface area contributed by atoms with E-state index in [0.29, 0.717) is 16.0 Å². The van der Waals surface area contributed by atoms with Crippen molar-refractivity contribution in [2.45, 2.75) is 26.3 Å². The first-order valence-corrected chi connectivity index (χ1v) is 13.4. The molecule has 3 aromatic heterocycles. The highest BCUT2D eigenvalue weighted by Gasteiger charge is 2.57. The lowest BCUT2D eigenvalue weighted by Crippen LogP contribution is -2.41. The SMILES string of the molecule is CCn1cnc(-c2cc3nccc(Oc4ccc(N(C(=O)C5(C(N)=O)CC5)c5ccccc5F)cc4F)c3s2)c1. The number of amides is 2. The van der Waals surface area contributed by atoms with Gasteiger partial charge in [-0.15, -0.1) is 11.3 Å². The molecule has 2 aromatic carbocycles. The van der Waals surface area contributed by atoms with E-state index in [-0.39, 0.29) is 30.0 Å². The van der Waals surface area contributed by atoms with Gasteiger partial charge in [-0.2, -0.15) is 0 Å². The van der Waals surface area contributed by atoms with Gasteiger partial charge in [0.25, 0.3) is 0 Å². The molecule has 6 rings (SSSR count). The first kappa shape index (κ1) is 25.6. The van der Waals surface area contributed by atoms with E-state index in [1.165, 1.54) is 41.7 Å². The molecule has 2 amide bonds. The van der Waals surface area contributed by atoms with Gasteiger partial charge in [-0.3, -0.25) is 19.5 Å². The van der Waals surface area contributed by atoms with Gasteiger partial charge in [-0.25, -0.2) is 13.8 Å². The fourth-order valence-corrected chi connectivity index (χ4v) is 5.54. The maximum absolute atomic E-state index is 15.5. The average molecular weight is 560 g/mol. The van der Waals surface area contributed by atoms with Crippen LogP contribution in [-0.2, 0) is 16.1 Å². The number of hydrogen-bond acceptors (Lipinski definition) is 6. The minimum Gasteiger partial charge on any atom is -0.453 e. The number of hydrogen-bond donors (Lipinski definition) is 1. The van der Waals surface area contributed by atoms with Crippen molar-refractivity contribution in [3.8, 4) is 22.1 Å². The van der Waals surface area contributed by atoms with E-state index in [0.717, 1.165) is 28.1 Å². The monoisotopic (exact) mass is 559 g/mol. The number of rotatable bonds is 8. The maximum atomic E-state index is 15.5. The molecule has 40 heavy (non-hydrogen) atoms. The van der Waals surface area contributed by atoms with Gasteiger partial charge in [0.1, 0.15) is 17.0 Å². The average Bonchev–Trinajstić information content (AvgIpc) is 3.42. The van der Waals surface area contributed by atoms with Gasteiger partial charge in [0, 0.05) is 31.1 Å². The van der Waals surface area contributed by atoms with Crippen LogP contribution in [0, 0.1) is 17.0 Å². The highest BCUT2D eigenvalue weighted by Crippen LogP contribution is 2.49. The Bertz CT molecular complexity index is 1780. The second-order valence-corrected chi connectivity index (χ2v) is 10.5. The number of halogens is 2. The second-order valence-electron chi connectivity index (χ2n) is 9.48. The van der Waals surface area contributed by atoms with E-state index in [4.69, 9.17) is 10.5 Å². The minimum absolute atomic E-state index is 0.0391. The quantitative estimate of drug-likeness (QED) is 0.229. The summed E-state index contributed by atoms with van der Waals surface area (Å²) in [6.45, 7) is 2.82. The predicted molar refractivity (Wildman–Crippen MR) is 147 cm³/mol. The van der Waals surface area contributed by atoms with Crippen LogP contribution >= 0.6 is 11.3 Å². The predicted octanol–water partition coefficient (Wildman–Crippen LogP) is 6.18. The first-order valence-electron chi connectivity index (χ1n) is 12.6. The Kier molecular flexibility index (Phi) is 6.30. The lowest BCUT2D eigenvalue weighted by molar-refractivity contribution is -0.133. The number of aryl methyl sites for hydroxylation is 1. The summed E-state index contributed by atoms with van der Waals surface area (Å²) < 4.78 is 38.9. The van der Waals surface area contributed by atoms with E-state index in [1.807, 2.05) is 23.8 Å². The van der Waals surface area contributed by atoms with Crippen LogP contribution in [0.1, 0.15) is 19.8 Å². The molecule has 2 N–H and O–H groups in total. The fourth-order valence-electron chi connectivity index (χ4n) is 4.52. The van der Waals surface area contributed by atoms with Crippen LogP contribution in [0.15, 0.2) is 73.3 Å². The lowest BCUT2D eigenvalue weighted by atomic mass is 10.0. The molecule has 5 aromatic rings. The van der Waals surface area contributed by atoms with Gasteiger partial charge in [-0.1, -0.05) is 12.1 Å². The molecule has 0 bridgehead atoms. The smallest absolute Gasteiger partial charge is 0.247 e. The molecule has 0 atom stereocenters. The number of para-hydroxylation sites is 1. The maximum Gasteiger partial charge on any atom is 0.247 e. The number of carbonyl (C=O) groups is 2. The normalized spacial score (nSPS) is 13.8. The Morgan fingerprint density at radius 1 is 1.07 bits per heavy atom. The Balaban J connectivity index is 1.35. The molecule has 1 saturated carbocycles. The molecule has 0 radical (unpaired) electrons. The number of thiophene rings is 1. The number of aromatic nitrogens is 3. The van der Waals surface area contributed by atoms with E-state index >= 15 is 4.39 Å². The Morgan fingerprint density at radius 2 is 1.88 bits per heavy atom. The number of carbonyl (C=O) groups excluding carboxylic acids is 2. The largest absolute Gasteiger partial charge is 0.453 e. The third-order valence-corrected chi connectivity index (χ3v) is 8.11. The van der Waals surface area contributed by atoms with Crippen molar-refractivity contribution in [3.05, 3.63) is 85.0 Å². The zero-order valence-corrected chi connectivity index (χ0v) is 22.1. The first-order chi connectivity index (χ1) is 19.3. The van der Waals surface area contributed by atoms with Gasteiger partial charge in [0.2, 0.25) is 11.8 Å². The molecule has 0 saturated heterocycles. The second kappa shape index (κ2) is 9.83. The standard InChI is InChI=1S/C29H23F2N5O3S/c1-2-35-15-21(34-16-35)25-14-20-26(40-25)24(9-12-33-20)39-23-8-7-17(13-19(23)31)36(22-6-4-3-5-18(22)30)28(38)29(10-11-29)27(32)37/h3-9,12-16H,2,10-11H2,1H3,(H2,32,37). The van der Waals surface area contributed by atoms with E-state index < -0.39 is 28.9 Å². The number of fused-ring (bicyclic) bond motifs is 1. The number of pyridine rings is 1. The summed E-state index contributed by atoms with van der Waals surface area (Å²) >= 11 is 1.43. The third-order valence-electron chi connectivity index (χ3n) is 6.95. The summed E-state index contributed by atoms with van der Waals surface area (Å²) in [6.07, 6.45) is 5.76. The third kappa shape index (κ3) is 4.37. The number of ether oxygens (including phenoxy) is 1. The highest BCUT2D eigenvalue weighted by atomic mass is 32.1. The van der Waals surface area contributed by atoms with Crippen LogP contribution in [0.3, 0.4) is 0 Å². The summed E-state index contributed by atoms with van der Waals surface area (Å²) in [5.74, 6) is -2.68. The molecule has 1 aliphatic carbocycles. The number of primary amides is 1. The van der Waals surface area contributed by atoms with Crippen molar-refractivity contribution in [3.63, 3.8) is 0 Å². The van der Waals surface area contributed by atoms with Gasteiger partial charge in [0.15, 0.2) is 11.6 Å². The van der Waals surface area contributed by atoms with Crippen LogP contribution in [0.2, 0.25) is 0 Å². The fraction of sp³-hybridized carbons (Fsp3) is 0.172. The molecule has 0 unspecified atom stereocenters. The topological polar surface area (TPSA) is 103 Å². The zero-order valence-electron chi connectivity index (χ0n) is 21.3. The Morgan fingerprint density at radius 3 is 2.55 bits per heavy atom. The number of nitrogens with zero attached hydrogens (tertiary/aromatic N) is 4. The number of anilines is 2. The molecule has 0 spiro atoms. The summed E-state index contributed by atoms with van der Waals surface area (Å²) in [6, 6.07) is 13.0. The summed E-state index contributed by atoms with van der Waals surface area (Å²) in [5.41, 5.74) is 5.48. The van der Waals surface area contributed by atoms with Crippen molar-refractivity contribution in [2.24, 2.45) is 11.1 Å². The van der Waals surface area contributed by atoms with E-state index in [9.17, 15) is 14.0 Å². The van der Waals surface area contributed by atoms with Crippen molar-refractivity contribution in [1.29, 1.82) is 0 Å². The van der Waals surface area contributed by atoms with Crippen molar-refractivity contribution < 1.29 is 23.1 Å². The molecule has 202 valence electrons. The van der Waals surface area contributed by atoms with Crippen LogP contribution in [0.25, 0.3) is 20.8 Å². The van der Waals surface area contributed by atoms with Crippen LogP contribution in [0.5, 0.6) is 11.5 Å². The molecule has 0 aliphatic heterocycles. The lowest BCUT2D eigenvalue weighted by Gasteiger charge is -2.27. The molecule has 3 heterocycles. The van der Waals surface area contributed by atoms with E-state index in [2.05, 4.69) is 9.97 Å². The number of imidazole rings is 1. The molecular weight excluding hydrogens is 536 g/mol. The molecular formula is C29H23F2N5O3S. The Hall–Kier alpha value is -4.64. The molecule has 8 nitrogen and oxygen atoms in total. The van der Waals surface area contributed by atoms with Crippen molar-refractivity contribution in [2.75, 3.05) is 4.90 Å². The molecule has 11 heteroatoms. The highest BCUT2D eigenvalue weighted by molar-refractivity contribution is 7.22. The van der Waals surface area contributed by atoms with Crippen molar-refractivity contribution in [1.82, 2.24) is 14.5 Å². The van der Waals surface area contributed by atoms with Gasteiger partial charge in [-0.05, 0) is 50.1 Å². The molecule has 1 aliphatic rings. The zero-order chi connectivity index (χ0) is 28.0. The number of nitrogens with two attached hydrogens (primary N) is 1. The minimum atomic E-state index is -1.44. The van der Waals surface area contributed by atoms with Gasteiger partial charge >= 0.3 is 0 Å². The van der Waals surface area contributed by atoms with Crippen LogP contribution < -0.4 is 15.4 Å². The van der Waals surface area contributed by atoms with Crippen molar-refractivity contribution >= 4 is 44.7 Å². The summed E-state index contributed by atoms with van der Waals surface area (Å²) in [4.78, 5) is 36.3. The van der Waals surface area contributed by atoms with Crippen LogP contribution in [0.4, 0.5) is 20.2 Å². The number of benzene rings is 2. The van der Waals surface area contributed by atoms with Crippen LogP contribution in [-0.4, -0.2) is 26.3 Å². The summed E-state index contributed by atoms with van der Waals surface area (Å²) in [7, 11) is 0. The van der Waals surface area contributed by atoms with E-state index in [1.54, 1.807) is 24.7 Å². The van der Waals surface area contributed by atoms with Gasteiger partial charge < -0.3 is 15.0 Å². The Labute approximate surface area is 231 Å². The van der Waals surface area contributed by atoms with Gasteiger partial charge in [0.05, 0.1) is 38.5 Å².